The third-order valence-electron chi connectivity index (χ3n) is 2.90. The molecule has 0 bridgehead atoms. The molecule has 2 rings (SSSR count). The quantitative estimate of drug-likeness (QED) is 0.812. The Morgan fingerprint density at radius 1 is 1.16 bits per heavy atom. The lowest BCUT2D eigenvalue weighted by molar-refractivity contribution is 0.102. The third-order valence-corrected chi connectivity index (χ3v) is 2.90. The van der Waals surface area contributed by atoms with Gasteiger partial charge in [0.2, 0.25) is 0 Å². The summed E-state index contributed by atoms with van der Waals surface area (Å²) >= 11 is 0. The number of hydrogen-bond donors (Lipinski definition) is 2. The van der Waals surface area contributed by atoms with Gasteiger partial charge in [0.25, 0.3) is 5.91 Å². The highest BCUT2D eigenvalue weighted by Crippen LogP contribution is 2.19. The average Bonchev–Trinajstić information content (AvgIpc) is 2.36. The monoisotopic (exact) mass is 258 g/mol. The SMILES string of the molecule is Cc1ccc(C)c(NC(=O)c2cc(F)ccc2N)c1. The van der Waals surface area contributed by atoms with Crippen molar-refractivity contribution in [1.29, 1.82) is 0 Å². The van der Waals surface area contributed by atoms with Gasteiger partial charge in [-0.25, -0.2) is 4.39 Å². The normalized spacial score (nSPS) is 10.3. The number of carbonyl (C=O) groups excluding carboxylic acids is 1. The van der Waals surface area contributed by atoms with Gasteiger partial charge in [0.05, 0.1) is 5.56 Å². The Labute approximate surface area is 111 Å². The van der Waals surface area contributed by atoms with E-state index in [-0.39, 0.29) is 11.3 Å². The van der Waals surface area contributed by atoms with Crippen LogP contribution in [-0.2, 0) is 0 Å². The first-order valence-electron chi connectivity index (χ1n) is 5.91. The van der Waals surface area contributed by atoms with Crippen LogP contribution in [0.3, 0.4) is 0 Å². The van der Waals surface area contributed by atoms with E-state index in [0.29, 0.717) is 5.69 Å². The number of halogens is 1. The maximum atomic E-state index is 13.2. The summed E-state index contributed by atoms with van der Waals surface area (Å²) in [6.07, 6.45) is 0. The number of nitrogens with two attached hydrogens (primary N) is 1. The van der Waals surface area contributed by atoms with Crippen molar-refractivity contribution in [3.63, 3.8) is 0 Å². The average molecular weight is 258 g/mol. The molecule has 4 heteroatoms. The van der Waals surface area contributed by atoms with E-state index >= 15 is 0 Å². The maximum absolute atomic E-state index is 13.2. The second kappa shape index (κ2) is 5.10. The molecule has 0 heterocycles. The van der Waals surface area contributed by atoms with Crippen molar-refractivity contribution in [3.05, 3.63) is 58.9 Å². The summed E-state index contributed by atoms with van der Waals surface area (Å²) in [4.78, 5) is 12.1. The van der Waals surface area contributed by atoms with Gasteiger partial charge in [0.15, 0.2) is 0 Å². The molecule has 3 nitrogen and oxygen atoms in total. The first kappa shape index (κ1) is 13.1. The number of aryl methyl sites for hydroxylation is 2. The molecule has 0 aromatic heterocycles. The van der Waals surface area contributed by atoms with Crippen LogP contribution < -0.4 is 11.1 Å². The van der Waals surface area contributed by atoms with E-state index in [1.54, 1.807) is 0 Å². The predicted octanol–water partition coefficient (Wildman–Crippen LogP) is 3.28. The van der Waals surface area contributed by atoms with Crippen LogP contribution in [0.25, 0.3) is 0 Å². The molecule has 0 saturated heterocycles. The van der Waals surface area contributed by atoms with Crippen LogP contribution in [0.5, 0.6) is 0 Å². The van der Waals surface area contributed by atoms with E-state index in [4.69, 9.17) is 5.73 Å². The molecule has 0 saturated carbocycles. The van der Waals surface area contributed by atoms with Crippen molar-refractivity contribution in [2.24, 2.45) is 0 Å². The first-order chi connectivity index (χ1) is 8.97. The summed E-state index contributed by atoms with van der Waals surface area (Å²) in [5.41, 5.74) is 8.75. The zero-order valence-electron chi connectivity index (χ0n) is 10.8. The standard InChI is InChI=1S/C15H15FN2O/c1-9-3-4-10(2)14(7-9)18-15(19)12-8-11(16)5-6-13(12)17/h3-8H,17H2,1-2H3,(H,18,19). The molecule has 0 aliphatic rings. The second-order valence-electron chi connectivity index (χ2n) is 4.50. The first-order valence-corrected chi connectivity index (χ1v) is 5.91. The summed E-state index contributed by atoms with van der Waals surface area (Å²) in [5, 5.41) is 2.75. The highest BCUT2D eigenvalue weighted by atomic mass is 19.1. The zero-order valence-corrected chi connectivity index (χ0v) is 10.8. The van der Waals surface area contributed by atoms with E-state index < -0.39 is 11.7 Å². The Hall–Kier alpha value is -2.36. The van der Waals surface area contributed by atoms with Crippen LogP contribution in [0.2, 0.25) is 0 Å². The Balaban J connectivity index is 2.30. The van der Waals surface area contributed by atoms with Crippen molar-refractivity contribution in [1.82, 2.24) is 0 Å². The maximum Gasteiger partial charge on any atom is 0.257 e. The fraction of sp³-hybridized carbons (Fsp3) is 0.133. The van der Waals surface area contributed by atoms with Gasteiger partial charge in [-0.2, -0.15) is 0 Å². The van der Waals surface area contributed by atoms with Gasteiger partial charge in [-0.15, -0.1) is 0 Å². The van der Waals surface area contributed by atoms with Crippen LogP contribution in [-0.4, -0.2) is 5.91 Å². The number of rotatable bonds is 2. The molecule has 19 heavy (non-hydrogen) atoms. The fourth-order valence-corrected chi connectivity index (χ4v) is 1.79. The van der Waals surface area contributed by atoms with Crippen LogP contribution in [0.4, 0.5) is 15.8 Å². The van der Waals surface area contributed by atoms with E-state index in [2.05, 4.69) is 5.32 Å². The van der Waals surface area contributed by atoms with Gasteiger partial charge >= 0.3 is 0 Å². The summed E-state index contributed by atoms with van der Waals surface area (Å²) in [6, 6.07) is 9.48. The largest absolute Gasteiger partial charge is 0.398 e. The van der Waals surface area contributed by atoms with Crippen LogP contribution in [0, 0.1) is 19.7 Å². The fourth-order valence-electron chi connectivity index (χ4n) is 1.79. The Morgan fingerprint density at radius 3 is 2.63 bits per heavy atom. The molecule has 0 spiro atoms. The minimum absolute atomic E-state index is 0.140. The number of anilines is 2. The molecule has 3 N–H and O–H groups in total. The number of benzene rings is 2. The highest BCUT2D eigenvalue weighted by molar-refractivity contribution is 6.08. The Kier molecular flexibility index (Phi) is 3.51. The lowest BCUT2D eigenvalue weighted by Gasteiger charge is -2.10. The summed E-state index contributed by atoms with van der Waals surface area (Å²) < 4.78 is 13.2. The molecule has 1 amide bonds. The second-order valence-corrected chi connectivity index (χ2v) is 4.50. The molecular weight excluding hydrogens is 243 g/mol. The number of amides is 1. The van der Waals surface area contributed by atoms with Crippen molar-refractivity contribution in [3.8, 4) is 0 Å². The molecule has 2 aromatic carbocycles. The molecule has 0 aliphatic heterocycles. The summed E-state index contributed by atoms with van der Waals surface area (Å²) in [7, 11) is 0. The smallest absolute Gasteiger partial charge is 0.257 e. The minimum atomic E-state index is -0.486. The number of nitrogens with one attached hydrogen (secondary N) is 1. The number of nitrogen functional groups attached to an aromatic ring is 1. The molecule has 0 unspecified atom stereocenters. The summed E-state index contributed by atoms with van der Waals surface area (Å²) in [6.45, 7) is 3.83. The van der Waals surface area contributed by atoms with E-state index in [1.807, 2.05) is 32.0 Å². The minimum Gasteiger partial charge on any atom is -0.398 e. The van der Waals surface area contributed by atoms with Gasteiger partial charge in [0.1, 0.15) is 5.82 Å². The van der Waals surface area contributed by atoms with Crippen molar-refractivity contribution in [2.45, 2.75) is 13.8 Å². The highest BCUT2D eigenvalue weighted by Gasteiger charge is 2.12. The molecular formula is C15H15FN2O. The van der Waals surface area contributed by atoms with E-state index in [1.165, 1.54) is 12.1 Å². The van der Waals surface area contributed by atoms with Gasteiger partial charge in [-0.05, 0) is 49.2 Å². The Bertz CT molecular complexity index is 638. The topological polar surface area (TPSA) is 55.1 Å². The van der Waals surface area contributed by atoms with Gasteiger partial charge in [-0.3, -0.25) is 4.79 Å². The molecule has 2 aromatic rings. The van der Waals surface area contributed by atoms with E-state index in [0.717, 1.165) is 17.2 Å². The van der Waals surface area contributed by atoms with Crippen LogP contribution in [0.1, 0.15) is 21.5 Å². The van der Waals surface area contributed by atoms with Crippen molar-refractivity contribution < 1.29 is 9.18 Å². The van der Waals surface area contributed by atoms with Gasteiger partial charge < -0.3 is 11.1 Å². The van der Waals surface area contributed by atoms with Crippen molar-refractivity contribution in [2.75, 3.05) is 11.1 Å². The molecule has 0 radical (unpaired) electrons. The van der Waals surface area contributed by atoms with Crippen molar-refractivity contribution >= 4 is 17.3 Å². The molecule has 0 fully saturated rings. The van der Waals surface area contributed by atoms with Crippen LogP contribution in [0.15, 0.2) is 36.4 Å². The molecule has 98 valence electrons. The third kappa shape index (κ3) is 2.91. The molecule has 0 aliphatic carbocycles. The Morgan fingerprint density at radius 2 is 1.89 bits per heavy atom. The zero-order chi connectivity index (χ0) is 14.0. The van der Waals surface area contributed by atoms with Gasteiger partial charge in [0, 0.05) is 11.4 Å². The number of carbonyl (C=O) groups is 1. The molecule has 0 atom stereocenters. The van der Waals surface area contributed by atoms with E-state index in [9.17, 15) is 9.18 Å². The predicted molar refractivity (Wildman–Crippen MR) is 74.7 cm³/mol. The van der Waals surface area contributed by atoms with Crippen LogP contribution >= 0.6 is 0 Å². The number of hydrogen-bond acceptors (Lipinski definition) is 2. The lowest BCUT2D eigenvalue weighted by atomic mass is 10.1. The lowest BCUT2D eigenvalue weighted by Crippen LogP contribution is -2.15. The van der Waals surface area contributed by atoms with Gasteiger partial charge in [-0.1, -0.05) is 12.1 Å². The summed E-state index contributed by atoms with van der Waals surface area (Å²) in [5.74, 6) is -0.897.